The number of Topliss-reactive ketones (excluding diaryl/α,β-unsaturated/α-hetero) is 1. The van der Waals surface area contributed by atoms with Crippen molar-refractivity contribution in [1.82, 2.24) is 10.2 Å². The molecule has 15 atom stereocenters. The number of phenols is 1. The highest BCUT2D eigenvalue weighted by Gasteiger charge is 2.63. The highest BCUT2D eigenvalue weighted by molar-refractivity contribution is 6.32. The Labute approximate surface area is 377 Å². The standard InChI is InChI=1S/C50H67ClN2O10/c1-10-13-29-16-17-31-20-25(3)38(62-39-23-35(53(8)9)43(28(6)61-39)52-47(59)40-27(5)34(51)18-19-36(40)54)15-12-14-33-30(11-2)22-32-42(26(4)21-37(55)44(32)56)49(33,7)45(57)41-46(58)50(31,24-29)63-48(41)60/h12,14,16-20,22,26,28-29,31-33,35,37-39,42-44,54-57H,10-11,13,15,21,23-24H2,1-9H3,(H,52,59)/b14-12-,25-20+,45-41+. The van der Waals surface area contributed by atoms with Crippen LogP contribution in [0, 0.1) is 47.8 Å². The normalized spacial score (nSPS) is 41.7. The van der Waals surface area contributed by atoms with Crippen molar-refractivity contribution in [1.29, 1.82) is 0 Å². The second-order valence-corrected chi connectivity index (χ2v) is 19.9. The average Bonchev–Trinajstić information content (AvgIpc) is 3.47. The quantitative estimate of drug-likeness (QED) is 0.0997. The van der Waals surface area contributed by atoms with E-state index in [1.54, 1.807) is 13.0 Å². The second-order valence-electron chi connectivity index (χ2n) is 19.5. The van der Waals surface area contributed by atoms with Crippen LogP contribution in [0.3, 0.4) is 0 Å². The number of ether oxygens (including phenoxy) is 3. The summed E-state index contributed by atoms with van der Waals surface area (Å²) in [4.78, 5) is 45.2. The van der Waals surface area contributed by atoms with Crippen LogP contribution in [0.5, 0.6) is 5.75 Å². The molecule has 1 amide bonds. The Hall–Kier alpha value is -3.78. The molecule has 5 N–H and O–H groups in total. The lowest BCUT2D eigenvalue weighted by Gasteiger charge is -2.56. The molecular weight excluding hydrogens is 824 g/mol. The van der Waals surface area contributed by atoms with Crippen molar-refractivity contribution < 1.29 is 49.0 Å². The van der Waals surface area contributed by atoms with Gasteiger partial charge in [-0.3, -0.25) is 9.59 Å². The summed E-state index contributed by atoms with van der Waals surface area (Å²) in [5.74, 6) is -4.65. The monoisotopic (exact) mass is 890 g/mol. The summed E-state index contributed by atoms with van der Waals surface area (Å²) in [7, 11) is 3.87. The zero-order chi connectivity index (χ0) is 45.9. The van der Waals surface area contributed by atoms with E-state index < -0.39 is 89.1 Å². The molecule has 0 radical (unpaired) electrons. The highest BCUT2D eigenvalue weighted by Crippen LogP contribution is 2.60. The first-order valence-electron chi connectivity index (χ1n) is 22.9. The summed E-state index contributed by atoms with van der Waals surface area (Å²) >= 11 is 6.34. The van der Waals surface area contributed by atoms with Crippen molar-refractivity contribution in [3.05, 3.63) is 87.2 Å². The number of phenolic OH excluding ortho intramolecular Hbond substituents is 1. The van der Waals surface area contributed by atoms with Crippen molar-refractivity contribution in [3.8, 4) is 5.75 Å². The van der Waals surface area contributed by atoms with Crippen LogP contribution in [-0.4, -0.2) is 105 Å². The summed E-state index contributed by atoms with van der Waals surface area (Å²) in [6.07, 6.45) is 11.9. The number of nitrogens with one attached hydrogen (secondary N) is 1. The van der Waals surface area contributed by atoms with E-state index in [1.807, 2.05) is 84.0 Å². The third-order valence-electron chi connectivity index (χ3n) is 15.4. The van der Waals surface area contributed by atoms with Gasteiger partial charge in [0.15, 0.2) is 11.9 Å². The number of aromatic hydroxyl groups is 1. The van der Waals surface area contributed by atoms with Gasteiger partial charge in [0, 0.05) is 47.1 Å². The molecule has 4 aliphatic carbocycles. The van der Waals surface area contributed by atoms with Gasteiger partial charge < -0.3 is 44.9 Å². The molecule has 12 nitrogen and oxygen atoms in total. The van der Waals surface area contributed by atoms with E-state index in [0.29, 0.717) is 36.3 Å². The van der Waals surface area contributed by atoms with E-state index in [1.165, 1.54) is 6.07 Å². The summed E-state index contributed by atoms with van der Waals surface area (Å²) < 4.78 is 19.9. The third kappa shape index (κ3) is 8.26. The van der Waals surface area contributed by atoms with Crippen LogP contribution < -0.4 is 5.32 Å². The molecule has 2 aliphatic heterocycles. The molecule has 344 valence electrons. The molecule has 1 spiro atoms. The molecule has 2 bridgehead atoms. The summed E-state index contributed by atoms with van der Waals surface area (Å²) in [5.41, 5.74) is -0.832. The molecule has 1 aromatic rings. The van der Waals surface area contributed by atoms with Gasteiger partial charge in [-0.2, -0.15) is 0 Å². The third-order valence-corrected chi connectivity index (χ3v) is 15.8. The molecule has 63 heavy (non-hydrogen) atoms. The number of hydrogen-bond acceptors (Lipinski definition) is 11. The van der Waals surface area contributed by atoms with Crippen molar-refractivity contribution in [2.45, 2.75) is 142 Å². The Morgan fingerprint density at radius 2 is 1.78 bits per heavy atom. The molecule has 13 heteroatoms. The number of carbonyl (C=O) groups is 3. The van der Waals surface area contributed by atoms with Gasteiger partial charge in [-0.05, 0) is 102 Å². The predicted octanol–water partition coefficient (Wildman–Crippen LogP) is 7.44. The number of carbonyl (C=O) groups excluding carboxylic acids is 3. The van der Waals surface area contributed by atoms with Crippen LogP contribution in [0.25, 0.3) is 0 Å². The van der Waals surface area contributed by atoms with E-state index in [2.05, 4.69) is 18.3 Å². The van der Waals surface area contributed by atoms with Gasteiger partial charge in [-0.1, -0.05) is 87.7 Å². The number of aliphatic hydroxyl groups excluding tert-OH is 3. The first-order valence-corrected chi connectivity index (χ1v) is 23.2. The first-order chi connectivity index (χ1) is 29.8. The fourth-order valence-corrected chi connectivity index (χ4v) is 12.3. The van der Waals surface area contributed by atoms with Crippen LogP contribution in [0.4, 0.5) is 0 Å². The smallest absolute Gasteiger partial charge is 0.346 e. The molecule has 1 aromatic carbocycles. The summed E-state index contributed by atoms with van der Waals surface area (Å²) in [6.45, 7) is 13.5. The second kappa shape index (κ2) is 18.2. The minimum absolute atomic E-state index is 0.0325. The SMILES string of the molecule is CCCC1C=CC2/C=C(\C)C(OC3CC(N(C)C)C(NC(=O)c4c(O)ccc(Cl)c4C)C(C)O3)C/C=C\C3C(CC)=CC4C(O)C(O)CC(C)C4C3(C)/C(O)=C3\C(=O)OC2(C1)C3=O. The van der Waals surface area contributed by atoms with Gasteiger partial charge in [-0.15, -0.1) is 0 Å². The van der Waals surface area contributed by atoms with Crippen LogP contribution in [0.15, 0.2) is 71.1 Å². The number of amides is 1. The zero-order valence-electron chi connectivity index (χ0n) is 38.1. The van der Waals surface area contributed by atoms with E-state index in [0.717, 1.165) is 24.0 Å². The Balaban J connectivity index is 1.29. The van der Waals surface area contributed by atoms with Crippen molar-refractivity contribution in [3.63, 3.8) is 0 Å². The lowest BCUT2D eigenvalue weighted by Crippen LogP contribution is -2.60. The lowest BCUT2D eigenvalue weighted by molar-refractivity contribution is -0.222. The maximum Gasteiger partial charge on any atom is 0.346 e. The largest absolute Gasteiger partial charge is 0.511 e. The minimum Gasteiger partial charge on any atom is -0.511 e. The maximum absolute atomic E-state index is 15.2. The summed E-state index contributed by atoms with van der Waals surface area (Å²) in [6, 6.07) is 2.25. The van der Waals surface area contributed by atoms with Crippen LogP contribution in [-0.2, 0) is 23.8 Å². The van der Waals surface area contributed by atoms with E-state index in [4.69, 9.17) is 25.8 Å². The Morgan fingerprint density at radius 1 is 1.05 bits per heavy atom. The van der Waals surface area contributed by atoms with Gasteiger partial charge in [0.1, 0.15) is 17.1 Å². The molecule has 0 aromatic heterocycles. The number of halogens is 1. The molecule has 6 aliphatic rings. The van der Waals surface area contributed by atoms with E-state index >= 15 is 4.79 Å². The van der Waals surface area contributed by atoms with E-state index in [-0.39, 0.29) is 46.9 Å². The van der Waals surface area contributed by atoms with E-state index in [9.17, 15) is 30.0 Å². The van der Waals surface area contributed by atoms with Crippen LogP contribution in [0.1, 0.15) is 102 Å². The molecule has 7 rings (SSSR count). The number of ketones is 1. The molecule has 2 heterocycles. The van der Waals surface area contributed by atoms with Gasteiger partial charge in [-0.25, -0.2) is 4.79 Å². The summed E-state index contributed by atoms with van der Waals surface area (Å²) in [5, 5.41) is 49.3. The fraction of sp³-hybridized carbons (Fsp3) is 0.620. The fourth-order valence-electron chi connectivity index (χ4n) is 12.1. The number of likely N-dealkylation sites (N-methyl/N-ethyl adjacent to an activating group) is 1. The molecule has 15 unspecified atom stereocenters. The van der Waals surface area contributed by atoms with Gasteiger partial charge in [0.05, 0.1) is 36.0 Å². The number of benzene rings is 1. The highest BCUT2D eigenvalue weighted by atomic mass is 35.5. The Kier molecular flexibility index (Phi) is 13.7. The van der Waals surface area contributed by atoms with Crippen molar-refractivity contribution in [2.24, 2.45) is 40.9 Å². The average molecular weight is 892 g/mol. The van der Waals surface area contributed by atoms with Crippen molar-refractivity contribution in [2.75, 3.05) is 14.1 Å². The number of hydrogen-bond donors (Lipinski definition) is 5. The minimum atomic E-state index is -1.59. The maximum atomic E-state index is 15.2. The number of nitrogens with zero attached hydrogens (tertiary/aromatic N) is 1. The number of rotatable bonds is 8. The number of allylic oxidation sites excluding steroid dienone is 4. The molecule has 3 fully saturated rings. The number of fused-ring (bicyclic) bond motifs is 4. The number of esters is 1. The first kappa shape index (κ1) is 47.2. The van der Waals surface area contributed by atoms with Gasteiger partial charge in [0.25, 0.3) is 5.91 Å². The lowest BCUT2D eigenvalue weighted by atomic mass is 9.49. The van der Waals surface area contributed by atoms with Crippen LogP contribution in [0.2, 0.25) is 5.02 Å². The predicted molar refractivity (Wildman–Crippen MR) is 240 cm³/mol. The zero-order valence-corrected chi connectivity index (χ0v) is 38.9. The van der Waals surface area contributed by atoms with Gasteiger partial charge >= 0.3 is 5.97 Å². The van der Waals surface area contributed by atoms with Crippen LogP contribution >= 0.6 is 11.6 Å². The topological polar surface area (TPSA) is 175 Å². The number of aliphatic hydroxyl groups is 3. The molecule has 1 saturated carbocycles. The van der Waals surface area contributed by atoms with Crippen molar-refractivity contribution >= 4 is 29.3 Å². The Bertz CT molecular complexity index is 2130. The van der Waals surface area contributed by atoms with Gasteiger partial charge in [0.2, 0.25) is 5.78 Å². The molecular formula is C50H67ClN2O10. The molecule has 2 saturated heterocycles. The Morgan fingerprint density at radius 3 is 2.46 bits per heavy atom.